The van der Waals surface area contributed by atoms with Crippen LogP contribution in [0.25, 0.3) is 11.3 Å². The molecule has 0 saturated heterocycles. The van der Waals surface area contributed by atoms with Gasteiger partial charge in [-0.3, -0.25) is 4.68 Å². The largest absolute Gasteiger partial charge is 0.272 e. The van der Waals surface area contributed by atoms with Gasteiger partial charge >= 0.3 is 0 Å². The van der Waals surface area contributed by atoms with Gasteiger partial charge in [0.25, 0.3) is 6.43 Å². The molecule has 0 aliphatic rings. The lowest BCUT2D eigenvalue weighted by Crippen LogP contribution is -1.93. The summed E-state index contributed by atoms with van der Waals surface area (Å²) < 4.78 is 27.9. The predicted molar refractivity (Wildman–Crippen MR) is 63.8 cm³/mol. The highest BCUT2D eigenvalue weighted by atomic mass is 79.9. The first-order valence-electron chi connectivity index (χ1n) is 5.09. The summed E-state index contributed by atoms with van der Waals surface area (Å²) in [6.07, 6.45) is 0.370. The highest BCUT2D eigenvalue weighted by Crippen LogP contribution is 2.29. The molecule has 2 aromatic heterocycles. The van der Waals surface area contributed by atoms with Gasteiger partial charge in [0.05, 0.1) is 5.56 Å². The fourth-order valence-corrected chi connectivity index (χ4v) is 1.73. The van der Waals surface area contributed by atoms with Crippen LogP contribution in [0.4, 0.5) is 8.78 Å². The SMILES string of the molecule is CCn1cc(C(F)F)c(-c2ccc(Br)nc2)n1. The van der Waals surface area contributed by atoms with Gasteiger partial charge in [0.2, 0.25) is 0 Å². The van der Waals surface area contributed by atoms with E-state index in [4.69, 9.17) is 0 Å². The Morgan fingerprint density at radius 3 is 2.71 bits per heavy atom. The Balaban J connectivity index is 2.49. The summed E-state index contributed by atoms with van der Waals surface area (Å²) in [5.74, 6) is 0. The summed E-state index contributed by atoms with van der Waals surface area (Å²) in [5.41, 5.74) is 0.827. The van der Waals surface area contributed by atoms with Crippen LogP contribution in [0.5, 0.6) is 0 Å². The fraction of sp³-hybridized carbons (Fsp3) is 0.273. The van der Waals surface area contributed by atoms with Crippen LogP contribution in [0.1, 0.15) is 18.9 Å². The Kier molecular flexibility index (Phi) is 3.51. The molecule has 17 heavy (non-hydrogen) atoms. The van der Waals surface area contributed by atoms with Crippen molar-refractivity contribution in [3.63, 3.8) is 0 Å². The van der Waals surface area contributed by atoms with E-state index >= 15 is 0 Å². The number of nitrogens with zero attached hydrogens (tertiary/aromatic N) is 3. The quantitative estimate of drug-likeness (QED) is 0.810. The first-order chi connectivity index (χ1) is 8.11. The number of pyridine rings is 1. The standard InChI is InChI=1S/C11H10BrF2N3/c1-2-17-6-8(11(13)14)10(16-17)7-3-4-9(12)15-5-7/h3-6,11H,2H2,1H3. The van der Waals surface area contributed by atoms with Gasteiger partial charge in [0.15, 0.2) is 0 Å². The minimum atomic E-state index is -2.53. The molecular formula is C11H10BrF2N3. The van der Waals surface area contributed by atoms with Gasteiger partial charge in [0.1, 0.15) is 10.3 Å². The second-order valence-electron chi connectivity index (χ2n) is 3.46. The number of rotatable bonds is 3. The molecule has 0 amide bonds. The Morgan fingerprint density at radius 2 is 2.18 bits per heavy atom. The van der Waals surface area contributed by atoms with Gasteiger partial charge in [-0.05, 0) is 35.0 Å². The van der Waals surface area contributed by atoms with Crippen molar-refractivity contribution in [2.24, 2.45) is 0 Å². The van der Waals surface area contributed by atoms with E-state index in [0.29, 0.717) is 22.4 Å². The molecule has 0 aliphatic heterocycles. The molecule has 0 aliphatic carbocycles. The summed E-state index contributed by atoms with van der Waals surface area (Å²) in [6, 6.07) is 3.42. The molecule has 2 rings (SSSR count). The number of aryl methyl sites for hydroxylation is 1. The van der Waals surface area contributed by atoms with Gasteiger partial charge in [-0.2, -0.15) is 5.10 Å². The molecular weight excluding hydrogens is 292 g/mol. The molecule has 90 valence electrons. The smallest absolute Gasteiger partial charge is 0.267 e. The van der Waals surface area contributed by atoms with E-state index in [1.807, 2.05) is 6.92 Å². The number of hydrogen-bond donors (Lipinski definition) is 0. The van der Waals surface area contributed by atoms with Crippen LogP contribution in [0.2, 0.25) is 0 Å². The first-order valence-corrected chi connectivity index (χ1v) is 5.88. The third-order valence-electron chi connectivity index (χ3n) is 2.35. The van der Waals surface area contributed by atoms with Gasteiger partial charge in [-0.1, -0.05) is 0 Å². The molecule has 0 bridgehead atoms. The van der Waals surface area contributed by atoms with Gasteiger partial charge in [-0.25, -0.2) is 13.8 Å². The summed E-state index contributed by atoms with van der Waals surface area (Å²) in [4.78, 5) is 4.01. The van der Waals surface area contributed by atoms with E-state index in [9.17, 15) is 8.78 Å². The van der Waals surface area contributed by atoms with Crippen molar-refractivity contribution >= 4 is 15.9 Å². The van der Waals surface area contributed by atoms with E-state index in [1.165, 1.54) is 17.1 Å². The zero-order chi connectivity index (χ0) is 12.4. The van der Waals surface area contributed by atoms with E-state index in [1.54, 1.807) is 12.1 Å². The van der Waals surface area contributed by atoms with E-state index in [2.05, 4.69) is 26.0 Å². The zero-order valence-corrected chi connectivity index (χ0v) is 10.7. The molecule has 0 N–H and O–H groups in total. The third-order valence-corrected chi connectivity index (χ3v) is 2.82. The maximum absolute atomic E-state index is 12.9. The fourth-order valence-electron chi connectivity index (χ4n) is 1.50. The van der Waals surface area contributed by atoms with Gasteiger partial charge in [-0.15, -0.1) is 0 Å². The summed E-state index contributed by atoms with van der Waals surface area (Å²) in [5, 5.41) is 4.13. The second-order valence-corrected chi connectivity index (χ2v) is 4.27. The second kappa shape index (κ2) is 4.91. The van der Waals surface area contributed by atoms with Gasteiger partial charge in [0, 0.05) is 24.5 Å². The van der Waals surface area contributed by atoms with Crippen LogP contribution in [0.3, 0.4) is 0 Å². The maximum Gasteiger partial charge on any atom is 0.267 e. The van der Waals surface area contributed by atoms with Crippen LogP contribution in [0.15, 0.2) is 29.1 Å². The van der Waals surface area contributed by atoms with Gasteiger partial charge < -0.3 is 0 Å². The molecule has 0 saturated carbocycles. The number of alkyl halides is 2. The molecule has 0 spiro atoms. The first kappa shape index (κ1) is 12.2. The minimum absolute atomic E-state index is 0.0593. The Labute approximate surface area is 106 Å². The minimum Gasteiger partial charge on any atom is -0.272 e. The molecule has 6 heteroatoms. The molecule has 0 atom stereocenters. The molecule has 0 radical (unpaired) electrons. The molecule has 2 heterocycles. The van der Waals surface area contributed by atoms with E-state index in [-0.39, 0.29) is 5.56 Å². The van der Waals surface area contributed by atoms with Crippen molar-refractivity contribution in [1.29, 1.82) is 0 Å². The summed E-state index contributed by atoms with van der Waals surface area (Å²) in [7, 11) is 0. The van der Waals surface area contributed by atoms with Crippen molar-refractivity contribution in [3.05, 3.63) is 34.7 Å². The van der Waals surface area contributed by atoms with Crippen molar-refractivity contribution in [2.45, 2.75) is 19.9 Å². The highest BCUT2D eigenvalue weighted by Gasteiger charge is 2.18. The summed E-state index contributed by atoms with van der Waals surface area (Å²) in [6.45, 7) is 2.41. The lowest BCUT2D eigenvalue weighted by molar-refractivity contribution is 0.152. The van der Waals surface area contributed by atoms with Crippen molar-refractivity contribution in [2.75, 3.05) is 0 Å². The Hall–Kier alpha value is -1.30. The highest BCUT2D eigenvalue weighted by molar-refractivity contribution is 9.10. The number of halogens is 3. The lowest BCUT2D eigenvalue weighted by atomic mass is 10.1. The average molecular weight is 302 g/mol. The van der Waals surface area contributed by atoms with Crippen LogP contribution in [-0.4, -0.2) is 14.8 Å². The zero-order valence-electron chi connectivity index (χ0n) is 9.07. The Morgan fingerprint density at radius 1 is 1.41 bits per heavy atom. The summed E-state index contributed by atoms with van der Waals surface area (Å²) >= 11 is 3.20. The lowest BCUT2D eigenvalue weighted by Gasteiger charge is -2.00. The normalized spacial score (nSPS) is 11.1. The molecule has 0 aromatic carbocycles. The Bertz CT molecular complexity index is 508. The molecule has 3 nitrogen and oxygen atoms in total. The number of aromatic nitrogens is 3. The van der Waals surface area contributed by atoms with Crippen molar-refractivity contribution < 1.29 is 8.78 Å². The third kappa shape index (κ3) is 2.52. The van der Waals surface area contributed by atoms with E-state index in [0.717, 1.165) is 0 Å². The molecule has 0 unspecified atom stereocenters. The van der Waals surface area contributed by atoms with Crippen LogP contribution < -0.4 is 0 Å². The predicted octanol–water partition coefficient (Wildman–Crippen LogP) is 3.67. The van der Waals surface area contributed by atoms with Crippen molar-refractivity contribution in [3.8, 4) is 11.3 Å². The number of hydrogen-bond acceptors (Lipinski definition) is 2. The van der Waals surface area contributed by atoms with Crippen LogP contribution in [-0.2, 0) is 6.54 Å². The van der Waals surface area contributed by atoms with Crippen LogP contribution >= 0.6 is 15.9 Å². The van der Waals surface area contributed by atoms with Crippen molar-refractivity contribution in [1.82, 2.24) is 14.8 Å². The molecule has 0 fully saturated rings. The van der Waals surface area contributed by atoms with Crippen LogP contribution in [0, 0.1) is 0 Å². The maximum atomic E-state index is 12.9. The average Bonchev–Trinajstić information content (AvgIpc) is 2.74. The monoisotopic (exact) mass is 301 g/mol. The topological polar surface area (TPSA) is 30.7 Å². The molecule has 2 aromatic rings. The van der Waals surface area contributed by atoms with E-state index < -0.39 is 6.43 Å².